The third-order valence-corrected chi connectivity index (χ3v) is 3.90. The zero-order valence-electron chi connectivity index (χ0n) is 16.5. The molecular weight excluding hydrogens is 332 g/mol. The van der Waals surface area contributed by atoms with Gasteiger partial charge in [0.1, 0.15) is 11.2 Å². The van der Waals surface area contributed by atoms with E-state index in [0.717, 1.165) is 5.56 Å². The lowest BCUT2D eigenvalue weighted by Gasteiger charge is -2.25. The summed E-state index contributed by atoms with van der Waals surface area (Å²) in [6, 6.07) is 9.63. The Kier molecular flexibility index (Phi) is 5.84. The Morgan fingerprint density at radius 1 is 0.962 bits per heavy atom. The van der Waals surface area contributed by atoms with Crippen LogP contribution >= 0.6 is 0 Å². The molecule has 0 radical (unpaired) electrons. The Bertz CT molecular complexity index is 631. The van der Waals surface area contributed by atoms with E-state index in [0.29, 0.717) is 13.1 Å². The Hall–Kier alpha value is -2.24. The summed E-state index contributed by atoms with van der Waals surface area (Å²) in [5.74, 6) is -0.0174. The molecule has 1 aromatic rings. The fourth-order valence-corrected chi connectivity index (χ4v) is 2.92. The second kappa shape index (κ2) is 7.56. The van der Waals surface area contributed by atoms with E-state index >= 15 is 0 Å². The number of hydrogen-bond donors (Lipinski definition) is 1. The predicted octanol–water partition coefficient (Wildman–Crippen LogP) is 3.91. The van der Waals surface area contributed by atoms with Crippen molar-refractivity contribution >= 4 is 12.2 Å². The van der Waals surface area contributed by atoms with Gasteiger partial charge in [0.15, 0.2) is 0 Å². The standard InChI is InChI=1S/C20H30N2O4/c1-19(2,3)25-17(23)21-16-13-22(18(24)26-20(4,5)6)12-15(16)14-10-8-7-9-11-14/h7-11,15-16H,12-13H2,1-6H3,(H,21,23)/t15-,16+/m1/s1. The highest BCUT2D eigenvalue weighted by Crippen LogP contribution is 2.29. The number of likely N-dealkylation sites (tertiary alicyclic amines) is 1. The van der Waals surface area contributed by atoms with Gasteiger partial charge < -0.3 is 19.7 Å². The molecule has 0 spiro atoms. The SMILES string of the molecule is CC(C)(C)OC(=O)N[C@H]1CN(C(=O)OC(C)(C)C)C[C@@H]1c1ccccc1. The molecule has 1 heterocycles. The van der Waals surface area contributed by atoms with Gasteiger partial charge in [-0.15, -0.1) is 0 Å². The fourth-order valence-electron chi connectivity index (χ4n) is 2.92. The average Bonchev–Trinajstić information content (AvgIpc) is 2.88. The number of benzene rings is 1. The van der Waals surface area contributed by atoms with Gasteiger partial charge in [-0.2, -0.15) is 0 Å². The number of alkyl carbamates (subject to hydrolysis) is 1. The summed E-state index contributed by atoms with van der Waals surface area (Å²) in [6.07, 6.45) is -0.846. The third kappa shape index (κ3) is 5.93. The molecule has 26 heavy (non-hydrogen) atoms. The van der Waals surface area contributed by atoms with Gasteiger partial charge in [0.25, 0.3) is 0 Å². The molecule has 0 aromatic heterocycles. The van der Waals surface area contributed by atoms with Gasteiger partial charge in [-0.1, -0.05) is 30.3 Å². The first-order valence-corrected chi connectivity index (χ1v) is 8.97. The molecule has 0 saturated carbocycles. The maximum Gasteiger partial charge on any atom is 0.410 e. The van der Waals surface area contributed by atoms with E-state index in [9.17, 15) is 9.59 Å². The minimum atomic E-state index is -0.574. The quantitative estimate of drug-likeness (QED) is 0.866. The summed E-state index contributed by atoms with van der Waals surface area (Å²) >= 11 is 0. The minimum absolute atomic E-state index is 0.0174. The molecule has 1 N–H and O–H groups in total. The largest absolute Gasteiger partial charge is 0.444 e. The number of rotatable bonds is 2. The van der Waals surface area contributed by atoms with Crippen molar-refractivity contribution in [3.8, 4) is 0 Å². The van der Waals surface area contributed by atoms with Crippen LogP contribution in [0.25, 0.3) is 0 Å². The molecule has 1 saturated heterocycles. The molecule has 1 fully saturated rings. The maximum atomic E-state index is 12.5. The van der Waals surface area contributed by atoms with Crippen molar-refractivity contribution < 1.29 is 19.1 Å². The van der Waals surface area contributed by atoms with Crippen LogP contribution in [0.5, 0.6) is 0 Å². The van der Waals surface area contributed by atoms with Gasteiger partial charge >= 0.3 is 12.2 Å². The summed E-state index contributed by atoms with van der Waals surface area (Å²) < 4.78 is 10.9. The molecule has 1 aliphatic rings. The van der Waals surface area contributed by atoms with E-state index in [2.05, 4.69) is 5.32 Å². The Balaban J connectivity index is 2.14. The predicted molar refractivity (Wildman–Crippen MR) is 100 cm³/mol. The lowest BCUT2D eigenvalue weighted by atomic mass is 9.94. The summed E-state index contributed by atoms with van der Waals surface area (Å²) in [4.78, 5) is 26.3. The highest BCUT2D eigenvalue weighted by atomic mass is 16.6. The Morgan fingerprint density at radius 2 is 1.54 bits per heavy atom. The van der Waals surface area contributed by atoms with Crippen LogP contribution in [-0.2, 0) is 9.47 Å². The van der Waals surface area contributed by atoms with E-state index in [4.69, 9.17) is 9.47 Å². The number of nitrogens with one attached hydrogen (secondary N) is 1. The van der Waals surface area contributed by atoms with Crippen LogP contribution in [0.1, 0.15) is 53.0 Å². The molecule has 1 aromatic carbocycles. The molecule has 0 unspecified atom stereocenters. The molecule has 144 valence electrons. The lowest BCUT2D eigenvalue weighted by molar-refractivity contribution is 0.0281. The van der Waals surface area contributed by atoms with E-state index in [1.807, 2.05) is 71.9 Å². The number of carbonyl (C=O) groups is 2. The number of ether oxygens (including phenoxy) is 2. The summed E-state index contributed by atoms with van der Waals surface area (Å²) in [7, 11) is 0. The molecule has 6 nitrogen and oxygen atoms in total. The van der Waals surface area contributed by atoms with E-state index in [1.165, 1.54) is 0 Å². The van der Waals surface area contributed by atoms with Crippen molar-refractivity contribution in [1.82, 2.24) is 10.2 Å². The second-order valence-electron chi connectivity index (χ2n) is 8.66. The minimum Gasteiger partial charge on any atom is -0.444 e. The van der Waals surface area contributed by atoms with Crippen LogP contribution < -0.4 is 5.32 Å². The molecule has 1 aliphatic heterocycles. The average molecular weight is 362 g/mol. The van der Waals surface area contributed by atoms with Crippen molar-refractivity contribution in [2.24, 2.45) is 0 Å². The molecule has 6 heteroatoms. The van der Waals surface area contributed by atoms with Crippen molar-refractivity contribution in [3.05, 3.63) is 35.9 Å². The smallest absolute Gasteiger partial charge is 0.410 e. The summed E-state index contributed by atoms with van der Waals surface area (Å²) in [5, 5.41) is 2.92. The number of amides is 2. The first-order chi connectivity index (χ1) is 11.9. The highest BCUT2D eigenvalue weighted by Gasteiger charge is 2.39. The van der Waals surface area contributed by atoms with Crippen molar-refractivity contribution in [3.63, 3.8) is 0 Å². The van der Waals surface area contributed by atoms with Crippen LogP contribution in [-0.4, -0.2) is 47.4 Å². The normalized spacial score (nSPS) is 20.6. The van der Waals surface area contributed by atoms with Crippen LogP contribution in [0.15, 0.2) is 30.3 Å². The fraction of sp³-hybridized carbons (Fsp3) is 0.600. The van der Waals surface area contributed by atoms with Gasteiger partial charge in [-0.3, -0.25) is 0 Å². The monoisotopic (exact) mass is 362 g/mol. The van der Waals surface area contributed by atoms with Crippen molar-refractivity contribution in [2.45, 2.75) is 64.7 Å². The van der Waals surface area contributed by atoms with Gasteiger partial charge in [-0.05, 0) is 47.1 Å². The van der Waals surface area contributed by atoms with Crippen molar-refractivity contribution in [1.29, 1.82) is 0 Å². The first-order valence-electron chi connectivity index (χ1n) is 8.97. The maximum absolute atomic E-state index is 12.5. The van der Waals surface area contributed by atoms with E-state index < -0.39 is 17.3 Å². The van der Waals surface area contributed by atoms with Gasteiger partial charge in [0.2, 0.25) is 0 Å². The summed E-state index contributed by atoms with van der Waals surface area (Å²) in [5.41, 5.74) is -0.0641. The van der Waals surface area contributed by atoms with Crippen LogP contribution in [0.3, 0.4) is 0 Å². The topological polar surface area (TPSA) is 67.9 Å². The first kappa shape index (κ1) is 20.1. The van der Waals surface area contributed by atoms with Gasteiger partial charge in [0.05, 0.1) is 6.04 Å². The molecule has 2 amide bonds. The molecular formula is C20H30N2O4. The molecule has 0 aliphatic carbocycles. The van der Waals surface area contributed by atoms with Gasteiger partial charge in [-0.25, -0.2) is 9.59 Å². The Morgan fingerprint density at radius 3 is 2.08 bits per heavy atom. The van der Waals surface area contributed by atoms with E-state index in [1.54, 1.807) is 4.90 Å². The molecule has 2 atom stereocenters. The Labute approximate surface area is 155 Å². The zero-order chi connectivity index (χ0) is 19.5. The molecule has 2 rings (SSSR count). The lowest BCUT2D eigenvalue weighted by Crippen LogP contribution is -2.43. The number of hydrogen-bond acceptors (Lipinski definition) is 4. The van der Waals surface area contributed by atoms with Gasteiger partial charge in [0, 0.05) is 19.0 Å². The third-order valence-electron chi connectivity index (χ3n) is 3.90. The van der Waals surface area contributed by atoms with E-state index in [-0.39, 0.29) is 18.1 Å². The van der Waals surface area contributed by atoms with Crippen LogP contribution in [0.2, 0.25) is 0 Å². The zero-order valence-corrected chi connectivity index (χ0v) is 16.5. The van der Waals surface area contributed by atoms with Crippen molar-refractivity contribution in [2.75, 3.05) is 13.1 Å². The summed E-state index contributed by atoms with van der Waals surface area (Å²) in [6.45, 7) is 11.9. The second-order valence-corrected chi connectivity index (χ2v) is 8.66. The van der Waals surface area contributed by atoms with Crippen LogP contribution in [0, 0.1) is 0 Å². The highest BCUT2D eigenvalue weighted by molar-refractivity contribution is 5.71. The number of carbonyl (C=O) groups excluding carboxylic acids is 2. The molecule has 0 bridgehead atoms. The van der Waals surface area contributed by atoms with Crippen LogP contribution in [0.4, 0.5) is 9.59 Å². The number of nitrogens with zero attached hydrogens (tertiary/aromatic N) is 1.